The number of ether oxygens (including phenoxy) is 1. The number of nitrogens with zero attached hydrogens (tertiary/aromatic N) is 1. The normalized spacial score (nSPS) is 18.4. The number of aryl methyl sites for hydroxylation is 1. The predicted molar refractivity (Wildman–Crippen MR) is 81.0 cm³/mol. The number of fused-ring (bicyclic) bond motifs is 1. The van der Waals surface area contributed by atoms with E-state index in [4.69, 9.17) is 10.5 Å². The summed E-state index contributed by atoms with van der Waals surface area (Å²) in [6.45, 7) is 8.41. The molecule has 1 unspecified atom stereocenters. The monoisotopic (exact) mass is 262 g/mol. The van der Waals surface area contributed by atoms with Crippen molar-refractivity contribution >= 4 is 5.69 Å². The molecule has 1 heterocycles. The molecule has 3 heteroatoms. The van der Waals surface area contributed by atoms with E-state index in [2.05, 4.69) is 43.9 Å². The van der Waals surface area contributed by atoms with E-state index in [9.17, 15) is 0 Å². The molecule has 3 nitrogen and oxygen atoms in total. The Labute approximate surface area is 116 Å². The second kappa shape index (κ2) is 6.29. The molecule has 0 bridgehead atoms. The van der Waals surface area contributed by atoms with Crippen LogP contribution in [0.4, 0.5) is 5.69 Å². The maximum Gasteiger partial charge on any atom is 0.143 e. The zero-order chi connectivity index (χ0) is 13.8. The standard InChI is InChI=1S/C16H26N2O/c1-4-14-11-18(12(2)3)15-10-13(6-5-9-17)7-8-16(15)19-14/h7-8,10,12,14H,4-6,9,11,17H2,1-3H3. The van der Waals surface area contributed by atoms with Gasteiger partial charge in [0.15, 0.2) is 0 Å². The molecule has 2 rings (SSSR count). The minimum Gasteiger partial charge on any atom is -0.486 e. The van der Waals surface area contributed by atoms with Crippen LogP contribution in [0.5, 0.6) is 5.75 Å². The van der Waals surface area contributed by atoms with Gasteiger partial charge >= 0.3 is 0 Å². The van der Waals surface area contributed by atoms with E-state index in [1.54, 1.807) is 0 Å². The molecule has 1 aromatic carbocycles. The summed E-state index contributed by atoms with van der Waals surface area (Å²) in [5.41, 5.74) is 8.19. The van der Waals surface area contributed by atoms with E-state index in [0.29, 0.717) is 12.1 Å². The van der Waals surface area contributed by atoms with E-state index in [1.807, 2.05) is 0 Å². The minimum atomic E-state index is 0.310. The molecule has 0 amide bonds. The quantitative estimate of drug-likeness (QED) is 0.886. The molecule has 0 spiro atoms. The van der Waals surface area contributed by atoms with Gasteiger partial charge in [-0.2, -0.15) is 0 Å². The van der Waals surface area contributed by atoms with Gasteiger partial charge in [-0.25, -0.2) is 0 Å². The lowest BCUT2D eigenvalue weighted by Gasteiger charge is -2.39. The van der Waals surface area contributed by atoms with Gasteiger partial charge in [0, 0.05) is 6.04 Å². The van der Waals surface area contributed by atoms with Gasteiger partial charge in [-0.3, -0.25) is 0 Å². The zero-order valence-corrected chi connectivity index (χ0v) is 12.4. The summed E-state index contributed by atoms with van der Waals surface area (Å²) in [7, 11) is 0. The van der Waals surface area contributed by atoms with Crippen LogP contribution in [0.3, 0.4) is 0 Å². The lowest BCUT2D eigenvalue weighted by atomic mass is 10.0. The molecule has 1 aliphatic rings. The van der Waals surface area contributed by atoms with Gasteiger partial charge in [0.05, 0.1) is 12.2 Å². The van der Waals surface area contributed by atoms with Crippen molar-refractivity contribution in [2.24, 2.45) is 5.73 Å². The number of nitrogens with two attached hydrogens (primary N) is 1. The SMILES string of the molecule is CCC1CN(C(C)C)c2cc(CCCN)ccc2O1. The average molecular weight is 262 g/mol. The van der Waals surface area contributed by atoms with Gasteiger partial charge < -0.3 is 15.4 Å². The molecular weight excluding hydrogens is 236 g/mol. The van der Waals surface area contributed by atoms with E-state index in [0.717, 1.165) is 38.1 Å². The van der Waals surface area contributed by atoms with Gasteiger partial charge in [0.1, 0.15) is 11.9 Å². The van der Waals surface area contributed by atoms with Crippen molar-refractivity contribution < 1.29 is 4.74 Å². The van der Waals surface area contributed by atoms with Crippen LogP contribution in [0.15, 0.2) is 18.2 Å². The summed E-state index contributed by atoms with van der Waals surface area (Å²) in [5.74, 6) is 1.03. The van der Waals surface area contributed by atoms with Crippen molar-refractivity contribution in [3.63, 3.8) is 0 Å². The first-order valence-electron chi connectivity index (χ1n) is 7.42. The van der Waals surface area contributed by atoms with Crippen LogP contribution >= 0.6 is 0 Å². The molecule has 0 saturated carbocycles. The first-order valence-corrected chi connectivity index (χ1v) is 7.42. The van der Waals surface area contributed by atoms with E-state index >= 15 is 0 Å². The number of benzene rings is 1. The van der Waals surface area contributed by atoms with Gasteiger partial charge in [-0.15, -0.1) is 0 Å². The third kappa shape index (κ3) is 3.21. The predicted octanol–water partition coefficient (Wildman–Crippen LogP) is 2.96. The van der Waals surface area contributed by atoms with E-state index < -0.39 is 0 Å². The van der Waals surface area contributed by atoms with Gasteiger partial charge in [-0.05, 0) is 57.4 Å². The van der Waals surface area contributed by atoms with Crippen molar-refractivity contribution in [2.75, 3.05) is 18.0 Å². The largest absolute Gasteiger partial charge is 0.486 e. The van der Waals surface area contributed by atoms with Crippen molar-refractivity contribution in [1.29, 1.82) is 0 Å². The number of hydrogen-bond acceptors (Lipinski definition) is 3. The van der Waals surface area contributed by atoms with Crippen LogP contribution < -0.4 is 15.4 Å². The molecule has 2 N–H and O–H groups in total. The number of anilines is 1. The Morgan fingerprint density at radius 3 is 2.84 bits per heavy atom. The maximum atomic E-state index is 6.05. The van der Waals surface area contributed by atoms with Gasteiger partial charge in [0.25, 0.3) is 0 Å². The molecular formula is C16H26N2O. The van der Waals surface area contributed by atoms with Crippen molar-refractivity contribution in [3.8, 4) is 5.75 Å². The van der Waals surface area contributed by atoms with Crippen LogP contribution in [0.2, 0.25) is 0 Å². The van der Waals surface area contributed by atoms with Crippen LogP contribution in [0, 0.1) is 0 Å². The Morgan fingerprint density at radius 1 is 1.42 bits per heavy atom. The van der Waals surface area contributed by atoms with Crippen molar-refractivity contribution in [3.05, 3.63) is 23.8 Å². The summed E-state index contributed by atoms with van der Waals surface area (Å²) >= 11 is 0. The summed E-state index contributed by atoms with van der Waals surface area (Å²) < 4.78 is 6.05. The fourth-order valence-electron chi connectivity index (χ4n) is 2.58. The Balaban J connectivity index is 2.27. The summed E-state index contributed by atoms with van der Waals surface area (Å²) in [5, 5.41) is 0. The molecule has 1 atom stereocenters. The Hall–Kier alpha value is -1.22. The molecule has 0 fully saturated rings. The summed E-state index contributed by atoms with van der Waals surface area (Å²) in [6, 6.07) is 7.07. The van der Waals surface area contributed by atoms with Crippen LogP contribution in [0.25, 0.3) is 0 Å². The second-order valence-corrected chi connectivity index (χ2v) is 5.59. The molecule has 0 saturated heterocycles. The maximum absolute atomic E-state index is 6.05. The highest BCUT2D eigenvalue weighted by Gasteiger charge is 2.26. The molecule has 1 aliphatic heterocycles. The highest BCUT2D eigenvalue weighted by Crippen LogP contribution is 2.36. The third-order valence-corrected chi connectivity index (χ3v) is 3.78. The van der Waals surface area contributed by atoms with Crippen molar-refractivity contribution in [2.45, 2.75) is 52.2 Å². The molecule has 1 aromatic rings. The van der Waals surface area contributed by atoms with Crippen LogP contribution in [-0.2, 0) is 6.42 Å². The van der Waals surface area contributed by atoms with Gasteiger partial charge in [-0.1, -0.05) is 13.0 Å². The summed E-state index contributed by atoms with van der Waals surface area (Å²) in [4.78, 5) is 2.46. The second-order valence-electron chi connectivity index (χ2n) is 5.59. The average Bonchev–Trinajstić information content (AvgIpc) is 2.43. The highest BCUT2D eigenvalue weighted by molar-refractivity contribution is 5.62. The smallest absolute Gasteiger partial charge is 0.143 e. The topological polar surface area (TPSA) is 38.5 Å². The third-order valence-electron chi connectivity index (χ3n) is 3.78. The first kappa shape index (κ1) is 14.2. The van der Waals surface area contributed by atoms with Crippen LogP contribution in [-0.4, -0.2) is 25.2 Å². The van der Waals surface area contributed by atoms with E-state index in [-0.39, 0.29) is 0 Å². The Morgan fingerprint density at radius 2 is 2.21 bits per heavy atom. The molecule has 0 aromatic heterocycles. The van der Waals surface area contributed by atoms with Gasteiger partial charge in [0.2, 0.25) is 0 Å². The molecule has 106 valence electrons. The zero-order valence-electron chi connectivity index (χ0n) is 12.4. The minimum absolute atomic E-state index is 0.310. The molecule has 19 heavy (non-hydrogen) atoms. The first-order chi connectivity index (χ1) is 9.15. The molecule has 0 aliphatic carbocycles. The number of rotatable bonds is 5. The highest BCUT2D eigenvalue weighted by atomic mass is 16.5. The Kier molecular flexibility index (Phi) is 4.70. The fourth-order valence-corrected chi connectivity index (χ4v) is 2.58. The lowest BCUT2D eigenvalue weighted by Crippen LogP contribution is -2.43. The number of hydrogen-bond donors (Lipinski definition) is 1. The fraction of sp³-hybridized carbons (Fsp3) is 0.625. The van der Waals surface area contributed by atoms with Crippen LogP contribution in [0.1, 0.15) is 39.2 Å². The summed E-state index contributed by atoms with van der Waals surface area (Å²) in [6.07, 6.45) is 3.45. The lowest BCUT2D eigenvalue weighted by molar-refractivity contribution is 0.186. The van der Waals surface area contributed by atoms with Crippen molar-refractivity contribution in [1.82, 2.24) is 0 Å². The Bertz CT molecular complexity index is 417. The molecule has 0 radical (unpaired) electrons. The van der Waals surface area contributed by atoms with E-state index in [1.165, 1.54) is 11.3 Å².